The Morgan fingerprint density at radius 2 is 2.17 bits per heavy atom. The first-order valence-corrected chi connectivity index (χ1v) is 8.16. The molecule has 1 unspecified atom stereocenters. The average molecular weight is 320 g/mol. The highest BCUT2D eigenvalue weighted by Gasteiger charge is 2.37. The largest absolute Gasteiger partial charge is 0.444 e. The first kappa shape index (κ1) is 15.8. The van der Waals surface area contributed by atoms with E-state index in [1.54, 1.807) is 9.58 Å². The number of hydrogen-bond acceptors (Lipinski definition) is 4. The summed E-state index contributed by atoms with van der Waals surface area (Å²) in [6, 6.07) is 0.0531. The van der Waals surface area contributed by atoms with Crippen LogP contribution >= 0.6 is 0 Å². The fourth-order valence-electron chi connectivity index (χ4n) is 3.19. The second-order valence-electron chi connectivity index (χ2n) is 7.13. The molecule has 0 spiro atoms. The number of fused-ring (bicyclic) bond motifs is 3. The van der Waals surface area contributed by atoms with Crippen LogP contribution < -0.4 is 5.32 Å². The predicted molar refractivity (Wildman–Crippen MR) is 84.1 cm³/mol. The molecule has 2 amide bonds. The maximum atomic E-state index is 12.5. The van der Waals surface area contributed by atoms with E-state index in [0.717, 1.165) is 17.7 Å². The van der Waals surface area contributed by atoms with Crippen molar-refractivity contribution in [1.82, 2.24) is 20.0 Å². The molecule has 23 heavy (non-hydrogen) atoms. The maximum absolute atomic E-state index is 12.5. The van der Waals surface area contributed by atoms with Gasteiger partial charge >= 0.3 is 6.09 Å². The Morgan fingerprint density at radius 1 is 1.43 bits per heavy atom. The zero-order chi connectivity index (χ0) is 16.8. The molecule has 0 aliphatic carbocycles. The van der Waals surface area contributed by atoms with Gasteiger partial charge in [-0.05, 0) is 27.2 Å². The molecule has 1 atom stereocenters. The Kier molecular flexibility index (Phi) is 3.82. The number of ether oxygens (including phenoxy) is 1. The van der Waals surface area contributed by atoms with Crippen LogP contribution in [0, 0.1) is 0 Å². The topological polar surface area (TPSA) is 76.5 Å². The minimum atomic E-state index is -0.536. The van der Waals surface area contributed by atoms with Crippen LogP contribution in [0.25, 0.3) is 0 Å². The first-order valence-electron chi connectivity index (χ1n) is 8.16. The molecule has 7 nitrogen and oxygen atoms in total. The highest BCUT2D eigenvalue weighted by molar-refractivity contribution is 5.95. The van der Waals surface area contributed by atoms with Gasteiger partial charge in [0.05, 0.1) is 18.8 Å². The van der Waals surface area contributed by atoms with Crippen LogP contribution in [-0.4, -0.2) is 44.9 Å². The van der Waals surface area contributed by atoms with E-state index < -0.39 is 5.60 Å². The molecule has 2 aliphatic heterocycles. The molecular formula is C16H24N4O3. The SMILES string of the molecule is CCC1Cc2nn3c(c2CN1C(=O)OC(C)(C)C)C(=O)NCC3. The summed E-state index contributed by atoms with van der Waals surface area (Å²) in [6.07, 6.45) is 1.16. The van der Waals surface area contributed by atoms with Gasteiger partial charge in [-0.3, -0.25) is 9.48 Å². The zero-order valence-corrected chi connectivity index (χ0v) is 14.2. The molecule has 2 aliphatic rings. The van der Waals surface area contributed by atoms with Crippen molar-refractivity contribution in [2.75, 3.05) is 6.54 Å². The van der Waals surface area contributed by atoms with Gasteiger partial charge in [-0.2, -0.15) is 5.10 Å². The zero-order valence-electron chi connectivity index (χ0n) is 14.2. The molecule has 0 fully saturated rings. The molecule has 3 heterocycles. The number of rotatable bonds is 1. The second-order valence-corrected chi connectivity index (χ2v) is 7.13. The van der Waals surface area contributed by atoms with Crippen molar-refractivity contribution in [3.63, 3.8) is 0 Å². The molecule has 3 rings (SSSR count). The maximum Gasteiger partial charge on any atom is 0.410 e. The minimum Gasteiger partial charge on any atom is -0.444 e. The van der Waals surface area contributed by atoms with Crippen molar-refractivity contribution in [3.05, 3.63) is 17.0 Å². The summed E-state index contributed by atoms with van der Waals surface area (Å²) in [5.41, 5.74) is 1.85. The average Bonchev–Trinajstić information content (AvgIpc) is 2.82. The number of nitrogens with zero attached hydrogens (tertiary/aromatic N) is 3. The van der Waals surface area contributed by atoms with Gasteiger partial charge in [-0.15, -0.1) is 0 Å². The van der Waals surface area contributed by atoms with E-state index in [4.69, 9.17) is 4.74 Å². The highest BCUT2D eigenvalue weighted by atomic mass is 16.6. The highest BCUT2D eigenvalue weighted by Crippen LogP contribution is 2.29. The van der Waals surface area contributed by atoms with Crippen molar-refractivity contribution >= 4 is 12.0 Å². The molecular weight excluding hydrogens is 296 g/mol. The van der Waals surface area contributed by atoms with E-state index in [-0.39, 0.29) is 18.0 Å². The van der Waals surface area contributed by atoms with E-state index in [1.807, 2.05) is 20.8 Å². The number of hydrogen-bond donors (Lipinski definition) is 1. The van der Waals surface area contributed by atoms with Crippen LogP contribution in [0.4, 0.5) is 4.79 Å². The fraction of sp³-hybridized carbons (Fsp3) is 0.688. The number of carbonyl (C=O) groups is 2. The lowest BCUT2D eigenvalue weighted by Crippen LogP contribution is -2.46. The van der Waals surface area contributed by atoms with Crippen molar-refractivity contribution in [2.24, 2.45) is 0 Å². The van der Waals surface area contributed by atoms with E-state index in [2.05, 4.69) is 17.3 Å². The van der Waals surface area contributed by atoms with Gasteiger partial charge in [0, 0.05) is 24.6 Å². The smallest absolute Gasteiger partial charge is 0.410 e. The molecule has 1 aromatic heterocycles. The van der Waals surface area contributed by atoms with Gasteiger partial charge < -0.3 is 15.0 Å². The van der Waals surface area contributed by atoms with Crippen LogP contribution in [0.1, 0.15) is 55.9 Å². The third kappa shape index (κ3) is 2.92. The van der Waals surface area contributed by atoms with Crippen LogP contribution in [0.3, 0.4) is 0 Å². The summed E-state index contributed by atoms with van der Waals surface area (Å²) in [5, 5.41) is 7.43. The van der Waals surface area contributed by atoms with Crippen LogP contribution in [0.15, 0.2) is 0 Å². The summed E-state index contributed by atoms with van der Waals surface area (Å²) in [4.78, 5) is 26.4. The van der Waals surface area contributed by atoms with Gasteiger partial charge in [0.25, 0.3) is 5.91 Å². The van der Waals surface area contributed by atoms with E-state index in [1.165, 1.54) is 0 Å². The number of aromatic nitrogens is 2. The predicted octanol–water partition coefficient (Wildman–Crippen LogP) is 1.70. The van der Waals surface area contributed by atoms with E-state index in [9.17, 15) is 9.59 Å². The second kappa shape index (κ2) is 5.54. The summed E-state index contributed by atoms with van der Waals surface area (Å²) in [5.74, 6) is -0.107. The van der Waals surface area contributed by atoms with Gasteiger partial charge in [0.2, 0.25) is 0 Å². The molecule has 1 aromatic rings. The van der Waals surface area contributed by atoms with Crippen LogP contribution in [0.2, 0.25) is 0 Å². The Balaban J connectivity index is 1.92. The van der Waals surface area contributed by atoms with Crippen LogP contribution in [-0.2, 0) is 24.2 Å². The molecule has 1 N–H and O–H groups in total. The first-order chi connectivity index (χ1) is 10.8. The summed E-state index contributed by atoms with van der Waals surface area (Å²) < 4.78 is 7.30. The number of nitrogens with one attached hydrogen (secondary N) is 1. The fourth-order valence-corrected chi connectivity index (χ4v) is 3.19. The Morgan fingerprint density at radius 3 is 2.83 bits per heavy atom. The molecule has 0 bridgehead atoms. The van der Waals surface area contributed by atoms with Gasteiger partial charge in [0.15, 0.2) is 0 Å². The Bertz CT molecular complexity index is 644. The molecule has 7 heteroatoms. The number of carbonyl (C=O) groups excluding carboxylic acids is 2. The lowest BCUT2D eigenvalue weighted by molar-refractivity contribution is 0.0113. The normalized spacial score (nSPS) is 20.6. The summed E-state index contributed by atoms with van der Waals surface area (Å²) in [6.45, 7) is 9.28. The monoisotopic (exact) mass is 320 g/mol. The molecule has 126 valence electrons. The quantitative estimate of drug-likeness (QED) is 0.854. The van der Waals surface area contributed by atoms with E-state index >= 15 is 0 Å². The van der Waals surface area contributed by atoms with Gasteiger partial charge in [-0.25, -0.2) is 4.79 Å². The van der Waals surface area contributed by atoms with Crippen molar-refractivity contribution in [2.45, 2.75) is 65.3 Å². The third-order valence-electron chi connectivity index (χ3n) is 4.26. The van der Waals surface area contributed by atoms with Crippen molar-refractivity contribution in [3.8, 4) is 0 Å². The number of amides is 2. The standard InChI is InChI=1S/C16H24N4O3/c1-5-10-8-12-11(9-19(10)15(22)23-16(2,3)4)13-14(21)17-6-7-20(13)18-12/h10H,5-9H2,1-4H3,(H,17,21). The minimum absolute atomic E-state index is 0.0531. The molecule has 0 saturated heterocycles. The molecule has 0 saturated carbocycles. The lowest BCUT2D eigenvalue weighted by Gasteiger charge is -2.36. The van der Waals surface area contributed by atoms with E-state index in [0.29, 0.717) is 31.7 Å². The summed E-state index contributed by atoms with van der Waals surface area (Å²) >= 11 is 0. The van der Waals surface area contributed by atoms with Crippen LogP contribution in [0.5, 0.6) is 0 Å². The summed E-state index contributed by atoms with van der Waals surface area (Å²) in [7, 11) is 0. The van der Waals surface area contributed by atoms with Gasteiger partial charge in [0.1, 0.15) is 11.3 Å². The molecule has 0 radical (unpaired) electrons. The van der Waals surface area contributed by atoms with Crippen molar-refractivity contribution < 1.29 is 14.3 Å². The molecule has 0 aromatic carbocycles. The Hall–Kier alpha value is -2.05. The lowest BCUT2D eigenvalue weighted by atomic mass is 9.97. The third-order valence-corrected chi connectivity index (χ3v) is 4.26. The van der Waals surface area contributed by atoms with Crippen molar-refractivity contribution in [1.29, 1.82) is 0 Å². The Labute approximate surface area is 136 Å². The van der Waals surface area contributed by atoms with Gasteiger partial charge in [-0.1, -0.05) is 6.92 Å².